The minimum absolute atomic E-state index is 0.0121. The van der Waals surface area contributed by atoms with E-state index in [4.69, 9.17) is 42.8 Å². The van der Waals surface area contributed by atoms with Gasteiger partial charge in [-0.25, -0.2) is 47.1 Å². The summed E-state index contributed by atoms with van der Waals surface area (Å²) in [4.78, 5) is 80.4. The Labute approximate surface area is 841 Å². The number of hydrogen-bond acceptors (Lipinski definition) is 29. The zero-order valence-electron chi connectivity index (χ0n) is 82.5. The van der Waals surface area contributed by atoms with Crippen LogP contribution in [0.3, 0.4) is 0 Å². The Kier molecular flexibility index (Phi) is 35.4. The molecule has 7 aliphatic rings. The van der Waals surface area contributed by atoms with E-state index in [-0.39, 0.29) is 172 Å². The molecule has 4 saturated carbocycles. The highest BCUT2D eigenvalue weighted by Gasteiger charge is 2.68. The number of benzene rings is 6. The molecule has 6 fully saturated rings. The quantitative estimate of drug-likeness (QED) is 0.00272. The van der Waals surface area contributed by atoms with Crippen LogP contribution in [0.5, 0.6) is 0 Å². The van der Waals surface area contributed by atoms with Crippen LogP contribution in [0.25, 0.3) is 43.6 Å². The van der Waals surface area contributed by atoms with Gasteiger partial charge in [0, 0.05) is 125 Å². The van der Waals surface area contributed by atoms with Crippen LogP contribution in [0.1, 0.15) is 208 Å². The van der Waals surface area contributed by atoms with Gasteiger partial charge in [0.05, 0.1) is 111 Å². The minimum atomic E-state index is -4.54. The summed E-state index contributed by atoms with van der Waals surface area (Å²) in [6, 6.07) is 39.5. The Morgan fingerprint density at radius 1 is 0.562 bits per heavy atom. The minimum Gasteiger partial charge on any atom is -0.748 e. The Hall–Kier alpha value is -9.95. The molecule has 2 saturated heterocycles. The number of pyridine rings is 2. The van der Waals surface area contributed by atoms with Crippen LogP contribution in [0.15, 0.2) is 177 Å². The summed E-state index contributed by atoms with van der Waals surface area (Å²) in [5, 5.41) is 52.2. The number of aliphatic hydroxyl groups excluding tert-OH is 2. The maximum Gasteiger partial charge on any atom is 0.331 e. The smallest absolute Gasteiger partial charge is 0.331 e. The molecular formula is C105H134N8O27S4. The summed E-state index contributed by atoms with van der Waals surface area (Å²) in [5.74, 6) is -2.94. The van der Waals surface area contributed by atoms with Crippen LogP contribution >= 0.6 is 0 Å². The molecule has 35 nitrogen and oxygen atoms in total. The molecule has 4 aliphatic carbocycles. The lowest BCUT2D eigenvalue weighted by Gasteiger charge is -2.64. The molecule has 4 amide bonds. The number of esters is 1. The van der Waals surface area contributed by atoms with Gasteiger partial charge in [-0.15, -0.1) is 0 Å². The largest absolute Gasteiger partial charge is 0.748 e. The third-order valence-corrected chi connectivity index (χ3v) is 35.5. The molecule has 6 aromatic carbocycles. The second-order valence-electron chi connectivity index (χ2n) is 40.0. The van der Waals surface area contributed by atoms with Gasteiger partial charge in [-0.1, -0.05) is 108 Å². The molecule has 15 rings (SSSR count). The molecule has 5 heterocycles. The highest BCUT2D eigenvalue weighted by atomic mass is 32.2. The number of hydrogen-bond donors (Lipinski definition) is 5. The van der Waals surface area contributed by atoms with Crippen molar-refractivity contribution in [3.8, 4) is 0 Å². The van der Waals surface area contributed by atoms with Crippen LogP contribution in [0, 0.1) is 48.3 Å². The lowest BCUT2D eigenvalue weighted by atomic mass is 9.43. The van der Waals surface area contributed by atoms with E-state index >= 15 is 9.59 Å². The van der Waals surface area contributed by atoms with Gasteiger partial charge in [0.25, 0.3) is 31.9 Å². The van der Waals surface area contributed by atoms with E-state index in [0.717, 1.165) is 83.1 Å². The monoisotopic (exact) mass is 2070 g/mol. The Morgan fingerprint density at radius 3 is 1.51 bits per heavy atom. The number of nitrogens with one attached hydrogen (secondary N) is 2. The number of aliphatic hydroxyl groups is 3. The fraction of sp³-hybridized carbons (Fsp3) is 0.552. The summed E-state index contributed by atoms with van der Waals surface area (Å²) in [6.45, 7) is 14.0. The number of para-hydroxylation sites is 4. The zero-order chi connectivity index (χ0) is 103. The van der Waals surface area contributed by atoms with Crippen LogP contribution < -0.4 is 19.8 Å². The number of fused-ring (bicyclic) bond motifs is 9. The zero-order valence-corrected chi connectivity index (χ0v) is 85.8. The third kappa shape index (κ3) is 25.2. The van der Waals surface area contributed by atoms with Crippen LogP contribution in [-0.4, -0.2) is 240 Å². The number of amides is 4. The second-order valence-corrected chi connectivity index (χ2v) is 46.7. The first-order chi connectivity index (χ1) is 68.7. The van der Waals surface area contributed by atoms with E-state index in [1.165, 1.54) is 36.7 Å². The molecule has 3 aliphatic heterocycles. The summed E-state index contributed by atoms with van der Waals surface area (Å²) in [5.41, 5.74) is 3.66. The van der Waals surface area contributed by atoms with Crippen molar-refractivity contribution in [1.82, 2.24) is 19.2 Å². The van der Waals surface area contributed by atoms with Gasteiger partial charge < -0.3 is 77.9 Å². The van der Waals surface area contributed by atoms with Crippen molar-refractivity contribution in [2.75, 3.05) is 57.5 Å². The van der Waals surface area contributed by atoms with Crippen LogP contribution in [0.4, 0.5) is 0 Å². The standard InChI is InChI=1S/C105H134N8O27S4/c1-68-34-39-76(40-35-68)143(128,129)112(101(119)97-78-24-8-12-28-85(78)110(54-22-60-141(122,123)124)86-29-13-9-25-79(86)97)56-20-32-91(116)106-51-16-18-58-133-108-53-47-94(139-99-71(4)137-96(65-90(99)115)140-100-72(5)136-95(64-89(100)114)138-75-44-48-103(6)74(63-75)38-43-84-83(103)45-49-104(7)82(46-50-105(84,104)121)73-62-93(118)132-67-73)135-70(3)66-109-134-59-19-17-52-107-92(117)33-21-57-113(144(130,131)77-41-36-69(2)37-42-77)102(120)98-80-26-10-14-30-87(80)111(55-23-61-142(125,126)127)88-31-15-11-27-81(88)98/h8-15,24-31,34-37,39-42,53,62,66,70-72,74-75,82-84,89-90,94-96,99-100,114-115,121H,16-23,32-33,38,43-52,54-61,63-65,67H2,1-7H3,(H2-2,106,107,116,117,122,123,124,125,126,127)/b108-53+,109-66+/t70-,71-,72-,74-,75+,82-,83+,84-,89+,90+,94+,95+,96+,99-,100-,103+,104-,105+/m1/s1. The number of carbonyl (C=O) groups excluding carboxylic acids is 5. The van der Waals surface area contributed by atoms with Gasteiger partial charge in [-0.3, -0.25) is 19.2 Å². The number of sulfonamides is 2. The summed E-state index contributed by atoms with van der Waals surface area (Å²) >= 11 is 0. The van der Waals surface area contributed by atoms with Gasteiger partial charge >= 0.3 is 5.97 Å². The summed E-state index contributed by atoms with van der Waals surface area (Å²) in [7, 11) is -18.1. The van der Waals surface area contributed by atoms with Crippen LogP contribution in [-0.2, 0) is 111 Å². The van der Waals surface area contributed by atoms with Crippen molar-refractivity contribution in [2.45, 2.75) is 286 Å². The van der Waals surface area contributed by atoms with E-state index < -0.39 is 137 Å². The molecule has 0 spiro atoms. The second kappa shape index (κ2) is 47.1. The van der Waals surface area contributed by atoms with Gasteiger partial charge in [0.15, 0.2) is 32.0 Å². The lowest BCUT2D eigenvalue weighted by molar-refractivity contribution is -0.645. The van der Waals surface area contributed by atoms with E-state index in [2.05, 4.69) is 34.8 Å². The Morgan fingerprint density at radius 2 is 1.03 bits per heavy atom. The molecule has 0 bridgehead atoms. The molecule has 8 aromatic rings. The topological polar surface area (TPSA) is 475 Å². The average molecular weight is 2070 g/mol. The van der Waals surface area contributed by atoms with Crippen LogP contribution in [0.2, 0.25) is 0 Å². The number of carbonyl (C=O) groups is 5. The van der Waals surface area contributed by atoms with Gasteiger partial charge in [-0.2, -0.15) is 9.13 Å². The lowest BCUT2D eigenvalue weighted by Crippen LogP contribution is -2.62. The predicted molar refractivity (Wildman–Crippen MR) is 532 cm³/mol. The molecular weight excluding hydrogens is 1930 g/mol. The van der Waals surface area contributed by atoms with E-state index in [0.29, 0.717) is 87.7 Å². The maximum absolute atomic E-state index is 15.2. The number of ether oxygens (including phenoxy) is 7. The number of rotatable bonds is 46. The van der Waals surface area contributed by atoms with E-state index in [9.17, 15) is 72.5 Å². The van der Waals surface area contributed by atoms with Crippen molar-refractivity contribution in [2.24, 2.45) is 44.8 Å². The number of nitrogens with zero attached hydrogens (tertiary/aromatic N) is 6. The van der Waals surface area contributed by atoms with Crippen molar-refractivity contribution < 1.29 is 134 Å². The molecule has 0 unspecified atom stereocenters. The normalized spacial score (nSPS) is 26.2. The maximum atomic E-state index is 15.2. The highest BCUT2D eigenvalue weighted by Crippen LogP contribution is 2.70. The van der Waals surface area contributed by atoms with Gasteiger partial charge in [0.1, 0.15) is 32.0 Å². The summed E-state index contributed by atoms with van der Waals surface area (Å²) < 4.78 is 178. The molecule has 780 valence electrons. The highest BCUT2D eigenvalue weighted by molar-refractivity contribution is 7.90. The first-order valence-corrected chi connectivity index (χ1v) is 56.3. The number of aromatic nitrogens is 2. The van der Waals surface area contributed by atoms with E-state index in [1.807, 2.05) is 6.92 Å². The Balaban J connectivity index is 0.533. The first-order valence-electron chi connectivity index (χ1n) is 50.3. The van der Waals surface area contributed by atoms with Crippen molar-refractivity contribution in [3.05, 3.63) is 179 Å². The third-order valence-electron chi connectivity index (χ3n) is 30.3. The number of unbranched alkanes of at least 4 members (excludes halogenated alkanes) is 2. The van der Waals surface area contributed by atoms with Crippen molar-refractivity contribution in [1.29, 1.82) is 0 Å². The summed E-state index contributed by atoms with van der Waals surface area (Å²) in [6.07, 6.45) is 4.91. The number of aryl methyl sites for hydroxylation is 4. The molecule has 39 heteroatoms. The van der Waals surface area contributed by atoms with Crippen molar-refractivity contribution in [3.63, 3.8) is 0 Å². The van der Waals surface area contributed by atoms with Gasteiger partial charge in [0.2, 0.25) is 33.9 Å². The molecule has 144 heavy (non-hydrogen) atoms. The van der Waals surface area contributed by atoms with Gasteiger partial charge in [-0.05, 0) is 214 Å². The number of oxime groups is 2. The van der Waals surface area contributed by atoms with E-state index in [1.54, 1.807) is 164 Å². The Bertz CT molecular complexity index is 6380. The molecule has 5 N–H and O–H groups in total. The molecule has 18 atom stereocenters. The predicted octanol–water partition coefficient (Wildman–Crippen LogP) is 11.6. The molecule has 2 aromatic heterocycles. The fourth-order valence-corrected chi connectivity index (χ4v) is 26.8. The number of cyclic esters (lactones) is 1. The SMILES string of the molecule is Cc1ccc(S(=O)(=O)N(CCCC(=O)NCCCCO/N=C/C[C@H](O[C@H]2[C@@H](O)C[C@H](O[C@H]3[C@@H](O)C[C@H](O[C@H]4CC[C@@]5(C)[C@H](CC[C@@H]6[C@@H]5CC[C@]5(C)[C@@H](C7=CC(=O)OC7)CC[C@]65O)C4)O[C@@H]3C)O[C@@H]2C)O[C@H](C)/C=N/OCCCCNC(=O)CCCN(C(=O)c2c3ccccc3[n+](CCCS(=O)(=O)[O-])c3ccccc23)S(=O)(=O)c2ccc(C)cc2)C(=O)c2c3ccccc3[n+](CCCS(=O)(=O)[O-])c3ccccc23)cc1. The average Bonchev–Trinajstić information content (AvgIpc) is 1.52. The first kappa shape index (κ1) is 108. The molecule has 0 radical (unpaired) electrons. The fourth-order valence-electron chi connectivity index (χ4n) is 23.0. The van der Waals surface area contributed by atoms with Crippen molar-refractivity contribution >= 4 is 126 Å².